The summed E-state index contributed by atoms with van der Waals surface area (Å²) in [5.41, 5.74) is 5.63. The van der Waals surface area contributed by atoms with E-state index in [2.05, 4.69) is 21.9 Å². The molecule has 1 aromatic heterocycles. The molecule has 0 saturated carbocycles. The minimum Gasteiger partial charge on any atom is -0.463 e. The van der Waals surface area contributed by atoms with Crippen molar-refractivity contribution in [3.05, 3.63) is 0 Å². The lowest BCUT2D eigenvalue weighted by Crippen LogP contribution is -2.22. The Kier molecular flexibility index (Phi) is 5.45. The maximum atomic E-state index is 5.63. The Morgan fingerprint density at radius 2 is 1.94 bits per heavy atom. The Morgan fingerprint density at radius 1 is 1.18 bits per heavy atom. The van der Waals surface area contributed by atoms with Gasteiger partial charge in [-0.05, 0) is 12.8 Å². The molecule has 0 amide bonds. The molecule has 6 heteroatoms. The summed E-state index contributed by atoms with van der Waals surface area (Å²) in [6, 6.07) is 0.303. The van der Waals surface area contributed by atoms with E-state index in [0.717, 1.165) is 25.8 Å². The van der Waals surface area contributed by atoms with Crippen LogP contribution in [0.15, 0.2) is 0 Å². The Bertz CT molecular complexity index is 345. The van der Waals surface area contributed by atoms with Gasteiger partial charge in [0.1, 0.15) is 0 Å². The van der Waals surface area contributed by atoms with Gasteiger partial charge in [-0.1, -0.05) is 20.3 Å². The molecule has 17 heavy (non-hydrogen) atoms. The number of hydrogen-bond acceptors (Lipinski definition) is 6. The van der Waals surface area contributed by atoms with Gasteiger partial charge in [-0.2, -0.15) is 15.0 Å². The Balaban J connectivity index is 2.73. The lowest BCUT2D eigenvalue weighted by molar-refractivity contribution is 0.292. The summed E-state index contributed by atoms with van der Waals surface area (Å²) >= 11 is 0. The van der Waals surface area contributed by atoms with Gasteiger partial charge in [0.2, 0.25) is 11.9 Å². The second kappa shape index (κ2) is 6.88. The van der Waals surface area contributed by atoms with Crippen LogP contribution >= 0.6 is 0 Å². The van der Waals surface area contributed by atoms with Crippen LogP contribution in [0.1, 0.15) is 33.1 Å². The van der Waals surface area contributed by atoms with Crippen molar-refractivity contribution >= 4 is 11.9 Å². The van der Waals surface area contributed by atoms with Crippen molar-refractivity contribution in [3.63, 3.8) is 0 Å². The summed E-state index contributed by atoms with van der Waals surface area (Å²) in [6.45, 7) is 5.65. The van der Waals surface area contributed by atoms with Crippen LogP contribution in [-0.4, -0.2) is 35.2 Å². The zero-order chi connectivity index (χ0) is 12.7. The first-order valence-corrected chi connectivity index (χ1v) is 6.02. The number of nitrogen functional groups attached to an aromatic ring is 1. The van der Waals surface area contributed by atoms with E-state index in [1.54, 1.807) is 0 Å². The molecule has 0 radical (unpaired) electrons. The van der Waals surface area contributed by atoms with Crippen LogP contribution in [0.5, 0.6) is 6.01 Å². The third-order valence-corrected chi connectivity index (χ3v) is 2.24. The molecule has 96 valence electrons. The molecule has 0 fully saturated rings. The van der Waals surface area contributed by atoms with Crippen LogP contribution in [0, 0.1) is 0 Å². The number of nitrogens with two attached hydrogens (primary N) is 1. The minimum absolute atomic E-state index is 0.199. The number of ether oxygens (including phenoxy) is 1. The standard InChI is InChI=1S/C11H21N5O/c1-4-6-7-16(3)10-13-9(12)14-11(15-10)17-8-5-2/h4-8H2,1-3H3,(H2,12,13,14,15). The molecule has 2 N–H and O–H groups in total. The van der Waals surface area contributed by atoms with E-state index < -0.39 is 0 Å². The Morgan fingerprint density at radius 3 is 2.59 bits per heavy atom. The number of unbranched alkanes of at least 4 members (excludes halogenated alkanes) is 1. The summed E-state index contributed by atoms with van der Waals surface area (Å²) in [5.74, 6) is 0.765. The smallest absolute Gasteiger partial charge is 0.323 e. The molecule has 0 aliphatic heterocycles. The topological polar surface area (TPSA) is 77.2 Å². The summed E-state index contributed by atoms with van der Waals surface area (Å²) in [5, 5.41) is 0. The van der Waals surface area contributed by atoms with E-state index in [1.807, 2.05) is 18.9 Å². The number of aromatic nitrogens is 3. The van der Waals surface area contributed by atoms with Gasteiger partial charge < -0.3 is 15.4 Å². The molecular formula is C11H21N5O. The molecule has 1 rings (SSSR count). The van der Waals surface area contributed by atoms with Gasteiger partial charge in [0.15, 0.2) is 0 Å². The normalized spacial score (nSPS) is 10.3. The zero-order valence-corrected chi connectivity index (χ0v) is 10.8. The average molecular weight is 239 g/mol. The minimum atomic E-state index is 0.199. The summed E-state index contributed by atoms with van der Waals surface area (Å²) < 4.78 is 5.36. The fraction of sp³-hybridized carbons (Fsp3) is 0.727. The highest BCUT2D eigenvalue weighted by molar-refractivity contribution is 5.34. The van der Waals surface area contributed by atoms with Crippen LogP contribution in [0.2, 0.25) is 0 Å². The van der Waals surface area contributed by atoms with Gasteiger partial charge in [0.25, 0.3) is 0 Å². The van der Waals surface area contributed by atoms with Crippen molar-refractivity contribution in [1.29, 1.82) is 0 Å². The van der Waals surface area contributed by atoms with Gasteiger partial charge in [-0.3, -0.25) is 0 Å². The third-order valence-electron chi connectivity index (χ3n) is 2.24. The second-order valence-corrected chi connectivity index (χ2v) is 3.90. The molecule has 1 aromatic rings. The molecule has 0 saturated heterocycles. The molecule has 0 aliphatic carbocycles. The van der Waals surface area contributed by atoms with E-state index in [-0.39, 0.29) is 5.95 Å². The maximum Gasteiger partial charge on any atom is 0.323 e. The zero-order valence-electron chi connectivity index (χ0n) is 10.8. The first-order chi connectivity index (χ1) is 8.17. The van der Waals surface area contributed by atoms with Crippen molar-refractivity contribution in [2.45, 2.75) is 33.1 Å². The van der Waals surface area contributed by atoms with E-state index in [4.69, 9.17) is 10.5 Å². The van der Waals surface area contributed by atoms with E-state index >= 15 is 0 Å². The molecule has 0 spiro atoms. The average Bonchev–Trinajstić information content (AvgIpc) is 2.32. The maximum absolute atomic E-state index is 5.63. The van der Waals surface area contributed by atoms with Gasteiger partial charge in [-0.25, -0.2) is 0 Å². The van der Waals surface area contributed by atoms with Crippen LogP contribution in [-0.2, 0) is 0 Å². The van der Waals surface area contributed by atoms with Crippen molar-refractivity contribution in [2.75, 3.05) is 30.8 Å². The number of anilines is 2. The lowest BCUT2D eigenvalue weighted by Gasteiger charge is -2.16. The van der Waals surface area contributed by atoms with Crippen molar-refractivity contribution in [2.24, 2.45) is 0 Å². The molecule has 0 aromatic carbocycles. The van der Waals surface area contributed by atoms with Crippen molar-refractivity contribution in [3.8, 4) is 6.01 Å². The lowest BCUT2D eigenvalue weighted by atomic mass is 10.3. The largest absolute Gasteiger partial charge is 0.463 e. The van der Waals surface area contributed by atoms with Gasteiger partial charge in [0.05, 0.1) is 6.61 Å². The molecule has 0 aliphatic rings. The fourth-order valence-corrected chi connectivity index (χ4v) is 1.28. The summed E-state index contributed by atoms with van der Waals surface area (Å²) in [4.78, 5) is 14.2. The molecule has 0 bridgehead atoms. The third kappa shape index (κ3) is 4.42. The molecular weight excluding hydrogens is 218 g/mol. The predicted octanol–water partition coefficient (Wildman–Crippen LogP) is 1.48. The SMILES string of the molecule is CCCCN(C)c1nc(N)nc(OCCC)n1. The van der Waals surface area contributed by atoms with E-state index in [1.165, 1.54) is 0 Å². The Labute approximate surface area is 102 Å². The highest BCUT2D eigenvalue weighted by Crippen LogP contribution is 2.12. The summed E-state index contributed by atoms with van der Waals surface area (Å²) in [7, 11) is 1.94. The molecule has 0 atom stereocenters. The van der Waals surface area contributed by atoms with E-state index in [0.29, 0.717) is 18.6 Å². The highest BCUT2D eigenvalue weighted by Gasteiger charge is 2.09. The molecule has 6 nitrogen and oxygen atoms in total. The first kappa shape index (κ1) is 13.5. The second-order valence-electron chi connectivity index (χ2n) is 3.90. The molecule has 0 unspecified atom stereocenters. The Hall–Kier alpha value is -1.59. The van der Waals surface area contributed by atoms with Gasteiger partial charge >= 0.3 is 6.01 Å². The van der Waals surface area contributed by atoms with Crippen LogP contribution in [0.25, 0.3) is 0 Å². The van der Waals surface area contributed by atoms with Crippen molar-refractivity contribution in [1.82, 2.24) is 15.0 Å². The van der Waals surface area contributed by atoms with Crippen LogP contribution in [0.4, 0.5) is 11.9 Å². The number of nitrogens with zero attached hydrogens (tertiary/aromatic N) is 4. The fourth-order valence-electron chi connectivity index (χ4n) is 1.28. The summed E-state index contributed by atoms with van der Waals surface area (Å²) in [6.07, 6.45) is 3.13. The highest BCUT2D eigenvalue weighted by atomic mass is 16.5. The number of rotatable bonds is 7. The molecule has 1 heterocycles. The van der Waals surface area contributed by atoms with Gasteiger partial charge in [-0.15, -0.1) is 0 Å². The van der Waals surface area contributed by atoms with E-state index in [9.17, 15) is 0 Å². The van der Waals surface area contributed by atoms with Gasteiger partial charge in [0, 0.05) is 13.6 Å². The van der Waals surface area contributed by atoms with Crippen LogP contribution < -0.4 is 15.4 Å². The quantitative estimate of drug-likeness (QED) is 0.776. The number of hydrogen-bond donors (Lipinski definition) is 1. The monoisotopic (exact) mass is 239 g/mol. The first-order valence-electron chi connectivity index (χ1n) is 6.02. The predicted molar refractivity (Wildman–Crippen MR) is 68.2 cm³/mol. The van der Waals surface area contributed by atoms with Crippen molar-refractivity contribution < 1.29 is 4.74 Å². The van der Waals surface area contributed by atoms with Crippen LogP contribution in [0.3, 0.4) is 0 Å².